The second-order valence-corrected chi connectivity index (χ2v) is 8.71. The molecule has 1 aliphatic carbocycles. The molecule has 1 amide bonds. The molecule has 10 heteroatoms. The summed E-state index contributed by atoms with van der Waals surface area (Å²) in [5, 5.41) is 14.2. The van der Waals surface area contributed by atoms with Crippen molar-refractivity contribution in [3.8, 4) is 0 Å². The van der Waals surface area contributed by atoms with Crippen LogP contribution in [0.4, 0.5) is 19.0 Å². The van der Waals surface area contributed by atoms with Gasteiger partial charge in [0.2, 0.25) is 0 Å². The number of amides is 1. The summed E-state index contributed by atoms with van der Waals surface area (Å²) >= 11 is 0. The molecule has 5 rings (SSSR count). The second-order valence-electron chi connectivity index (χ2n) is 8.71. The van der Waals surface area contributed by atoms with E-state index in [4.69, 9.17) is 0 Å². The van der Waals surface area contributed by atoms with Crippen LogP contribution < -0.4 is 5.32 Å². The molecule has 3 atom stereocenters. The van der Waals surface area contributed by atoms with Crippen LogP contribution in [0.1, 0.15) is 30.9 Å². The Morgan fingerprint density at radius 3 is 2.79 bits per heavy atom. The van der Waals surface area contributed by atoms with E-state index in [0.717, 1.165) is 41.2 Å². The van der Waals surface area contributed by atoms with Gasteiger partial charge in [-0.25, -0.2) is 15.0 Å². The minimum Gasteiger partial charge on any atom is -0.391 e. The summed E-state index contributed by atoms with van der Waals surface area (Å²) < 4.78 is 39.6. The number of aliphatic hydroxyl groups is 1. The number of anilines is 1. The van der Waals surface area contributed by atoms with Crippen LogP contribution >= 0.6 is 0 Å². The number of aryl methyl sites for hydroxylation is 1. The molecule has 176 valence electrons. The van der Waals surface area contributed by atoms with Crippen molar-refractivity contribution in [2.75, 3.05) is 5.32 Å². The van der Waals surface area contributed by atoms with Crippen LogP contribution in [0.5, 0.6) is 0 Å². The summed E-state index contributed by atoms with van der Waals surface area (Å²) in [5.41, 5.74) is 2.32. The van der Waals surface area contributed by atoms with E-state index in [9.17, 15) is 23.1 Å². The average Bonchev–Trinajstić information content (AvgIpc) is 3.39. The molecule has 0 bridgehead atoms. The average molecular weight is 469 g/mol. The van der Waals surface area contributed by atoms with Crippen molar-refractivity contribution in [3.63, 3.8) is 0 Å². The summed E-state index contributed by atoms with van der Waals surface area (Å²) in [4.78, 5) is 23.8. The van der Waals surface area contributed by atoms with Crippen molar-refractivity contribution in [1.82, 2.24) is 19.5 Å². The third kappa shape index (κ3) is 4.45. The quantitative estimate of drug-likeness (QED) is 0.451. The Kier molecular flexibility index (Phi) is 5.68. The summed E-state index contributed by atoms with van der Waals surface area (Å²) in [6, 6.07) is 10.5. The predicted molar refractivity (Wildman–Crippen MR) is 120 cm³/mol. The van der Waals surface area contributed by atoms with Crippen molar-refractivity contribution in [2.45, 2.75) is 44.0 Å². The van der Waals surface area contributed by atoms with E-state index in [0.29, 0.717) is 17.9 Å². The predicted octanol–water partition coefficient (Wildman–Crippen LogP) is 4.43. The van der Waals surface area contributed by atoms with Gasteiger partial charge in [-0.2, -0.15) is 13.2 Å². The SMILES string of the molecule is O=C(Nc1ccc2ccc(CC[C@@H]3C[C@@H](O)[C@H](n4ccc5cncnc54)C3)cc2n1)C(F)(F)F. The lowest BCUT2D eigenvalue weighted by molar-refractivity contribution is -0.167. The van der Waals surface area contributed by atoms with Crippen LogP contribution in [0.15, 0.2) is 55.1 Å². The highest BCUT2D eigenvalue weighted by Crippen LogP contribution is 2.39. The molecular formula is C24H22F3N5O2. The first-order valence-corrected chi connectivity index (χ1v) is 11.0. The fourth-order valence-electron chi connectivity index (χ4n) is 4.74. The molecule has 1 aromatic carbocycles. The number of carbonyl (C=O) groups excluding carboxylic acids is 1. The number of nitrogens with zero attached hydrogens (tertiary/aromatic N) is 4. The fourth-order valence-corrected chi connectivity index (χ4v) is 4.74. The van der Waals surface area contributed by atoms with Crippen LogP contribution in [-0.2, 0) is 11.2 Å². The maximum absolute atomic E-state index is 12.5. The van der Waals surface area contributed by atoms with E-state index in [1.54, 1.807) is 17.6 Å². The Hall–Kier alpha value is -3.53. The van der Waals surface area contributed by atoms with Crippen LogP contribution in [0.3, 0.4) is 0 Å². The molecule has 3 aromatic heterocycles. The van der Waals surface area contributed by atoms with Gasteiger partial charge in [0.05, 0.1) is 17.7 Å². The monoisotopic (exact) mass is 469 g/mol. The molecule has 0 unspecified atom stereocenters. The number of benzene rings is 1. The number of carbonyl (C=O) groups is 1. The molecule has 1 aliphatic rings. The number of fused-ring (bicyclic) bond motifs is 2. The third-order valence-corrected chi connectivity index (χ3v) is 6.43. The number of aromatic nitrogens is 4. The van der Waals surface area contributed by atoms with Crippen molar-refractivity contribution in [1.29, 1.82) is 0 Å². The fraction of sp³-hybridized carbons (Fsp3) is 0.333. The van der Waals surface area contributed by atoms with Gasteiger partial charge in [-0.1, -0.05) is 12.1 Å². The van der Waals surface area contributed by atoms with E-state index >= 15 is 0 Å². The number of rotatable bonds is 5. The first-order valence-electron chi connectivity index (χ1n) is 11.0. The topological polar surface area (TPSA) is 92.9 Å². The molecule has 7 nitrogen and oxygen atoms in total. The molecule has 0 saturated heterocycles. The number of aliphatic hydroxyl groups excluding tert-OH is 1. The zero-order valence-corrected chi connectivity index (χ0v) is 18.0. The number of alkyl halides is 3. The van der Waals surface area contributed by atoms with E-state index in [1.807, 2.05) is 35.0 Å². The number of hydrogen-bond donors (Lipinski definition) is 2. The first kappa shape index (κ1) is 22.3. The van der Waals surface area contributed by atoms with Gasteiger partial charge in [-0.15, -0.1) is 0 Å². The number of nitrogens with one attached hydrogen (secondary N) is 1. The normalized spacial score (nSPS) is 20.8. The first-order chi connectivity index (χ1) is 16.3. The van der Waals surface area contributed by atoms with Crippen LogP contribution in [0.2, 0.25) is 0 Å². The van der Waals surface area contributed by atoms with Crippen LogP contribution in [0, 0.1) is 5.92 Å². The second kappa shape index (κ2) is 8.68. The highest BCUT2D eigenvalue weighted by molar-refractivity contribution is 5.95. The Morgan fingerprint density at radius 2 is 1.97 bits per heavy atom. The van der Waals surface area contributed by atoms with E-state index in [2.05, 4.69) is 15.0 Å². The largest absolute Gasteiger partial charge is 0.471 e. The van der Waals surface area contributed by atoms with Gasteiger partial charge in [0, 0.05) is 23.2 Å². The molecule has 3 heterocycles. The van der Waals surface area contributed by atoms with Gasteiger partial charge in [0.1, 0.15) is 17.8 Å². The van der Waals surface area contributed by atoms with Crippen molar-refractivity contribution in [3.05, 3.63) is 60.7 Å². The minimum absolute atomic E-state index is 0.0459. The van der Waals surface area contributed by atoms with Crippen molar-refractivity contribution in [2.24, 2.45) is 5.92 Å². The van der Waals surface area contributed by atoms with Gasteiger partial charge >= 0.3 is 12.1 Å². The van der Waals surface area contributed by atoms with Gasteiger partial charge in [-0.3, -0.25) is 4.79 Å². The lowest BCUT2D eigenvalue weighted by Crippen LogP contribution is -2.30. The zero-order chi connectivity index (χ0) is 23.9. The van der Waals surface area contributed by atoms with Crippen molar-refractivity contribution >= 4 is 33.7 Å². The minimum atomic E-state index is -4.97. The Morgan fingerprint density at radius 1 is 1.15 bits per heavy atom. The Bertz CT molecular complexity index is 1350. The summed E-state index contributed by atoms with van der Waals surface area (Å²) in [6.45, 7) is 0. The number of pyridine rings is 1. The standard InChI is InChI=1S/C24H22F3N5O2/c25-24(26,27)23(34)31-21-6-5-16-4-3-14(9-18(16)30-21)1-2-15-10-19(20(33)11-15)32-8-7-17-12-28-13-29-22(17)32/h3-9,12-13,15,19-20,33H,1-2,10-11H2,(H,30,31,34)/t15-,19+,20+/m0/s1. The van der Waals surface area contributed by atoms with Crippen LogP contribution in [-0.4, -0.2) is 42.8 Å². The lowest BCUT2D eigenvalue weighted by atomic mass is 9.97. The summed E-state index contributed by atoms with van der Waals surface area (Å²) in [6.07, 6.45) is 2.89. The molecule has 2 N–H and O–H groups in total. The maximum Gasteiger partial charge on any atom is 0.471 e. The van der Waals surface area contributed by atoms with Crippen LogP contribution in [0.25, 0.3) is 21.9 Å². The zero-order valence-electron chi connectivity index (χ0n) is 18.0. The van der Waals surface area contributed by atoms with Gasteiger partial charge < -0.3 is 15.0 Å². The van der Waals surface area contributed by atoms with Gasteiger partial charge in [0.25, 0.3) is 0 Å². The Labute approximate surface area is 192 Å². The molecule has 1 fully saturated rings. The summed E-state index contributed by atoms with van der Waals surface area (Å²) in [7, 11) is 0. The lowest BCUT2D eigenvalue weighted by Gasteiger charge is -2.17. The molecule has 0 spiro atoms. The highest BCUT2D eigenvalue weighted by atomic mass is 19.4. The summed E-state index contributed by atoms with van der Waals surface area (Å²) in [5.74, 6) is -1.87. The molecule has 1 saturated carbocycles. The third-order valence-electron chi connectivity index (χ3n) is 6.43. The number of hydrogen-bond acceptors (Lipinski definition) is 5. The molecule has 4 aromatic rings. The van der Waals surface area contributed by atoms with Crippen molar-refractivity contribution < 1.29 is 23.1 Å². The van der Waals surface area contributed by atoms with E-state index in [1.165, 1.54) is 12.4 Å². The molecule has 0 radical (unpaired) electrons. The highest BCUT2D eigenvalue weighted by Gasteiger charge is 2.39. The molecule has 0 aliphatic heterocycles. The maximum atomic E-state index is 12.5. The number of halogens is 3. The Balaban J connectivity index is 1.26. The van der Waals surface area contributed by atoms with E-state index in [-0.39, 0.29) is 11.9 Å². The molecule has 34 heavy (non-hydrogen) atoms. The van der Waals surface area contributed by atoms with Gasteiger partial charge in [0.15, 0.2) is 0 Å². The smallest absolute Gasteiger partial charge is 0.391 e. The van der Waals surface area contributed by atoms with Gasteiger partial charge in [-0.05, 0) is 61.4 Å². The van der Waals surface area contributed by atoms with E-state index < -0.39 is 18.2 Å². The molecular weight excluding hydrogens is 447 g/mol.